The molecule has 2 aromatic rings. The van der Waals surface area contributed by atoms with E-state index in [9.17, 15) is 0 Å². The Hall–Kier alpha value is -1.97. The third kappa shape index (κ3) is 2.78. The van der Waals surface area contributed by atoms with Gasteiger partial charge in [-0.15, -0.1) is 0 Å². The van der Waals surface area contributed by atoms with Gasteiger partial charge in [-0.25, -0.2) is 0 Å². The predicted octanol–water partition coefficient (Wildman–Crippen LogP) is 1.97. The molecule has 3 N–H and O–H groups in total. The number of para-hydroxylation sites is 1. The number of nitrogens with two attached hydrogens (primary N) is 1. The van der Waals surface area contributed by atoms with Gasteiger partial charge in [0, 0.05) is 26.2 Å². The van der Waals surface area contributed by atoms with Crippen LogP contribution < -0.4 is 11.1 Å². The van der Waals surface area contributed by atoms with Crippen molar-refractivity contribution in [1.82, 2.24) is 9.78 Å². The van der Waals surface area contributed by atoms with Gasteiger partial charge in [-0.05, 0) is 24.6 Å². The van der Waals surface area contributed by atoms with Crippen molar-refractivity contribution in [3.8, 4) is 0 Å². The molecular formula is C13H18N4. The number of aryl methyl sites for hydroxylation is 2. The molecule has 2 rings (SSSR count). The molecule has 0 spiro atoms. The normalized spacial score (nSPS) is 10.5. The summed E-state index contributed by atoms with van der Waals surface area (Å²) in [5, 5.41) is 7.70. The van der Waals surface area contributed by atoms with E-state index in [4.69, 9.17) is 5.73 Å². The van der Waals surface area contributed by atoms with E-state index < -0.39 is 0 Å². The first-order valence-electron chi connectivity index (χ1n) is 5.74. The molecule has 1 aromatic carbocycles. The molecule has 90 valence electrons. The Balaban J connectivity index is 1.94. The van der Waals surface area contributed by atoms with E-state index in [1.54, 1.807) is 0 Å². The van der Waals surface area contributed by atoms with Gasteiger partial charge in [-0.1, -0.05) is 12.1 Å². The van der Waals surface area contributed by atoms with Crippen LogP contribution >= 0.6 is 0 Å². The van der Waals surface area contributed by atoms with E-state index in [2.05, 4.69) is 23.4 Å². The molecule has 0 aliphatic carbocycles. The summed E-state index contributed by atoms with van der Waals surface area (Å²) in [4.78, 5) is 0. The molecule has 0 aliphatic rings. The van der Waals surface area contributed by atoms with Crippen molar-refractivity contribution in [1.29, 1.82) is 0 Å². The zero-order valence-electron chi connectivity index (χ0n) is 10.3. The molecule has 4 nitrogen and oxygen atoms in total. The fraction of sp³-hybridized carbons (Fsp3) is 0.308. The quantitative estimate of drug-likeness (QED) is 0.789. The van der Waals surface area contributed by atoms with Crippen LogP contribution in [0.25, 0.3) is 0 Å². The van der Waals surface area contributed by atoms with Crippen LogP contribution in [-0.4, -0.2) is 16.3 Å². The Labute approximate surface area is 101 Å². The first-order chi connectivity index (χ1) is 8.16. The lowest BCUT2D eigenvalue weighted by Gasteiger charge is -2.11. The number of hydrogen-bond acceptors (Lipinski definition) is 3. The maximum absolute atomic E-state index is 5.92. The van der Waals surface area contributed by atoms with Gasteiger partial charge in [0.1, 0.15) is 0 Å². The van der Waals surface area contributed by atoms with Crippen molar-refractivity contribution in [2.75, 3.05) is 17.6 Å². The van der Waals surface area contributed by atoms with Gasteiger partial charge in [-0.2, -0.15) is 5.10 Å². The molecule has 4 heteroatoms. The Morgan fingerprint density at radius 2 is 2.18 bits per heavy atom. The predicted molar refractivity (Wildman–Crippen MR) is 71.0 cm³/mol. The van der Waals surface area contributed by atoms with E-state index in [0.717, 1.165) is 30.0 Å². The maximum Gasteiger partial charge on any atom is 0.0642 e. The molecule has 1 heterocycles. The Morgan fingerprint density at radius 1 is 1.35 bits per heavy atom. The van der Waals surface area contributed by atoms with Gasteiger partial charge in [-0.3, -0.25) is 4.68 Å². The van der Waals surface area contributed by atoms with Crippen LogP contribution in [0.15, 0.2) is 30.5 Å². The van der Waals surface area contributed by atoms with Crippen LogP contribution in [0.2, 0.25) is 0 Å². The van der Waals surface area contributed by atoms with Crippen molar-refractivity contribution in [3.63, 3.8) is 0 Å². The summed E-state index contributed by atoms with van der Waals surface area (Å²) in [7, 11) is 1.93. The van der Waals surface area contributed by atoms with Crippen LogP contribution in [0.4, 0.5) is 11.4 Å². The molecule has 0 radical (unpaired) electrons. The topological polar surface area (TPSA) is 55.9 Å². The number of hydrogen-bond donors (Lipinski definition) is 2. The van der Waals surface area contributed by atoms with Crippen LogP contribution in [0.3, 0.4) is 0 Å². The fourth-order valence-corrected chi connectivity index (χ4v) is 1.84. The molecule has 0 atom stereocenters. The van der Waals surface area contributed by atoms with E-state index in [-0.39, 0.29) is 0 Å². The highest BCUT2D eigenvalue weighted by Gasteiger charge is 2.02. The number of rotatable bonds is 4. The van der Waals surface area contributed by atoms with E-state index in [1.165, 1.54) is 5.56 Å². The summed E-state index contributed by atoms with van der Waals surface area (Å²) in [6, 6.07) is 7.97. The Bertz CT molecular complexity index is 482. The molecule has 0 saturated heterocycles. The van der Waals surface area contributed by atoms with Gasteiger partial charge in [0.05, 0.1) is 17.1 Å². The summed E-state index contributed by atoms with van der Waals surface area (Å²) < 4.78 is 1.82. The zero-order valence-corrected chi connectivity index (χ0v) is 10.3. The average molecular weight is 230 g/mol. The van der Waals surface area contributed by atoms with E-state index in [0.29, 0.717) is 0 Å². The van der Waals surface area contributed by atoms with E-state index >= 15 is 0 Å². The summed E-state index contributed by atoms with van der Waals surface area (Å²) >= 11 is 0. The van der Waals surface area contributed by atoms with Crippen molar-refractivity contribution in [3.05, 3.63) is 41.7 Å². The lowest BCUT2D eigenvalue weighted by atomic mass is 10.1. The largest absolute Gasteiger partial charge is 0.397 e. The van der Waals surface area contributed by atoms with E-state index in [1.807, 2.05) is 36.1 Å². The highest BCUT2D eigenvalue weighted by molar-refractivity contribution is 5.69. The second-order valence-corrected chi connectivity index (χ2v) is 4.20. The number of aromatic nitrogens is 2. The molecule has 0 aliphatic heterocycles. The van der Waals surface area contributed by atoms with Crippen molar-refractivity contribution >= 4 is 11.4 Å². The highest BCUT2D eigenvalue weighted by atomic mass is 15.2. The standard InChI is InChI=1S/C13H18N4/c1-10-4-3-5-12(14)13(10)15-8-6-11-7-9-17(2)16-11/h3-5,7,9,15H,6,8,14H2,1-2H3. The molecule has 17 heavy (non-hydrogen) atoms. The van der Waals surface area contributed by atoms with Gasteiger partial charge in [0.15, 0.2) is 0 Å². The third-order valence-electron chi connectivity index (χ3n) is 2.76. The van der Waals surface area contributed by atoms with Crippen molar-refractivity contribution < 1.29 is 0 Å². The minimum atomic E-state index is 0.797. The molecular weight excluding hydrogens is 212 g/mol. The number of nitrogens with zero attached hydrogens (tertiary/aromatic N) is 2. The molecule has 0 fully saturated rings. The Kier molecular flexibility index (Phi) is 3.32. The summed E-state index contributed by atoms with van der Waals surface area (Å²) in [5.41, 5.74) is 10.0. The maximum atomic E-state index is 5.92. The van der Waals surface area contributed by atoms with Gasteiger partial charge >= 0.3 is 0 Å². The molecule has 0 amide bonds. The minimum Gasteiger partial charge on any atom is -0.397 e. The second kappa shape index (κ2) is 4.91. The summed E-state index contributed by atoms with van der Waals surface area (Å²) in [6.07, 6.45) is 2.85. The number of anilines is 2. The smallest absolute Gasteiger partial charge is 0.0642 e. The minimum absolute atomic E-state index is 0.797. The lowest BCUT2D eigenvalue weighted by Crippen LogP contribution is -2.08. The summed E-state index contributed by atoms with van der Waals surface area (Å²) in [6.45, 7) is 2.89. The monoisotopic (exact) mass is 230 g/mol. The second-order valence-electron chi connectivity index (χ2n) is 4.20. The molecule has 1 aromatic heterocycles. The molecule has 0 unspecified atom stereocenters. The van der Waals surface area contributed by atoms with Gasteiger partial charge < -0.3 is 11.1 Å². The van der Waals surface area contributed by atoms with Crippen LogP contribution in [0.1, 0.15) is 11.3 Å². The first kappa shape index (κ1) is 11.5. The van der Waals surface area contributed by atoms with Crippen LogP contribution in [-0.2, 0) is 13.5 Å². The van der Waals surface area contributed by atoms with Crippen LogP contribution in [0.5, 0.6) is 0 Å². The first-order valence-corrected chi connectivity index (χ1v) is 5.74. The third-order valence-corrected chi connectivity index (χ3v) is 2.76. The van der Waals surface area contributed by atoms with Crippen molar-refractivity contribution in [2.45, 2.75) is 13.3 Å². The Morgan fingerprint density at radius 3 is 2.82 bits per heavy atom. The average Bonchev–Trinajstić information content (AvgIpc) is 2.69. The van der Waals surface area contributed by atoms with Crippen LogP contribution in [0, 0.1) is 6.92 Å². The molecule has 0 bridgehead atoms. The van der Waals surface area contributed by atoms with Gasteiger partial charge in [0.2, 0.25) is 0 Å². The SMILES string of the molecule is Cc1cccc(N)c1NCCc1ccn(C)n1. The lowest BCUT2D eigenvalue weighted by molar-refractivity contribution is 0.742. The highest BCUT2D eigenvalue weighted by Crippen LogP contribution is 2.22. The molecule has 0 saturated carbocycles. The zero-order chi connectivity index (χ0) is 12.3. The number of benzene rings is 1. The number of nitrogens with one attached hydrogen (secondary N) is 1. The van der Waals surface area contributed by atoms with Gasteiger partial charge in [0.25, 0.3) is 0 Å². The fourth-order valence-electron chi connectivity index (χ4n) is 1.84. The van der Waals surface area contributed by atoms with Crippen molar-refractivity contribution in [2.24, 2.45) is 7.05 Å². The number of nitrogen functional groups attached to an aromatic ring is 1. The summed E-state index contributed by atoms with van der Waals surface area (Å²) in [5.74, 6) is 0.